The summed E-state index contributed by atoms with van der Waals surface area (Å²) in [7, 11) is 1.67. The van der Waals surface area contributed by atoms with Crippen molar-refractivity contribution in [2.24, 2.45) is 11.7 Å². The van der Waals surface area contributed by atoms with Crippen molar-refractivity contribution in [3.63, 3.8) is 0 Å². The van der Waals surface area contributed by atoms with Gasteiger partial charge >= 0.3 is 0 Å². The van der Waals surface area contributed by atoms with Gasteiger partial charge in [0.25, 0.3) is 0 Å². The fourth-order valence-electron chi connectivity index (χ4n) is 3.52. The summed E-state index contributed by atoms with van der Waals surface area (Å²) in [5.74, 6) is 0.174. The maximum Gasteiger partial charge on any atom is 0.223 e. The monoisotopic (exact) mass is 372 g/mol. The number of carbonyl (C=O) groups excluding carboxylic acids is 1. The standard InChI is InChI=1S/C18H25ClN2O2.ClH/c1-23-16-10-13(4-7-15(16)20)17(22)21-18(8-9-18)11-12-2-5-14(19)6-3-12;/h2-3,5-6,13,15-16H,4,7-11,20H2,1H3,(H,21,22);1H/t13-,15+,16+;/m0./s1. The normalized spacial score (nSPS) is 27.9. The zero-order valence-corrected chi connectivity index (χ0v) is 15.5. The third-order valence-corrected chi connectivity index (χ3v) is 5.47. The molecule has 4 nitrogen and oxygen atoms in total. The van der Waals surface area contributed by atoms with Gasteiger partial charge in [-0.2, -0.15) is 0 Å². The molecule has 24 heavy (non-hydrogen) atoms. The number of hydrogen-bond donors (Lipinski definition) is 2. The molecule has 0 bridgehead atoms. The Labute approximate surface area is 154 Å². The first-order valence-electron chi connectivity index (χ1n) is 8.36. The fourth-order valence-corrected chi connectivity index (χ4v) is 3.64. The van der Waals surface area contributed by atoms with Gasteiger partial charge in [-0.05, 0) is 56.2 Å². The van der Waals surface area contributed by atoms with E-state index >= 15 is 0 Å². The molecule has 1 amide bonds. The van der Waals surface area contributed by atoms with Crippen molar-refractivity contribution in [1.82, 2.24) is 5.32 Å². The molecule has 3 N–H and O–H groups in total. The van der Waals surface area contributed by atoms with E-state index in [-0.39, 0.29) is 41.9 Å². The topological polar surface area (TPSA) is 64.3 Å². The van der Waals surface area contributed by atoms with Gasteiger partial charge < -0.3 is 15.8 Å². The highest BCUT2D eigenvalue weighted by atomic mass is 35.5. The van der Waals surface area contributed by atoms with Gasteiger partial charge in [-0.25, -0.2) is 0 Å². The molecule has 0 unspecified atom stereocenters. The summed E-state index contributed by atoms with van der Waals surface area (Å²) >= 11 is 5.93. The van der Waals surface area contributed by atoms with Gasteiger partial charge in [0, 0.05) is 29.6 Å². The van der Waals surface area contributed by atoms with E-state index in [1.165, 1.54) is 5.56 Å². The molecule has 2 fully saturated rings. The van der Waals surface area contributed by atoms with Crippen molar-refractivity contribution in [2.45, 2.75) is 56.2 Å². The van der Waals surface area contributed by atoms with Crippen LogP contribution < -0.4 is 11.1 Å². The number of carbonyl (C=O) groups is 1. The summed E-state index contributed by atoms with van der Waals surface area (Å²) in [4.78, 5) is 12.6. The molecule has 2 saturated carbocycles. The predicted molar refractivity (Wildman–Crippen MR) is 98.6 cm³/mol. The van der Waals surface area contributed by atoms with E-state index in [9.17, 15) is 4.79 Å². The maximum atomic E-state index is 12.6. The number of rotatable bonds is 5. The second-order valence-electron chi connectivity index (χ2n) is 7.02. The third kappa shape index (κ3) is 4.63. The fraction of sp³-hybridized carbons (Fsp3) is 0.611. The van der Waals surface area contributed by atoms with E-state index in [2.05, 4.69) is 5.32 Å². The highest BCUT2D eigenvalue weighted by Gasteiger charge is 2.45. The van der Waals surface area contributed by atoms with Gasteiger partial charge in [-0.15, -0.1) is 12.4 Å². The Bertz CT molecular complexity index is 561. The summed E-state index contributed by atoms with van der Waals surface area (Å²) in [6.45, 7) is 0. The van der Waals surface area contributed by atoms with E-state index in [1.54, 1.807) is 7.11 Å². The number of hydrogen-bond acceptors (Lipinski definition) is 3. The molecule has 0 radical (unpaired) electrons. The van der Waals surface area contributed by atoms with Gasteiger partial charge in [-0.1, -0.05) is 23.7 Å². The van der Waals surface area contributed by atoms with Crippen molar-refractivity contribution in [3.05, 3.63) is 34.9 Å². The highest BCUT2D eigenvalue weighted by Crippen LogP contribution is 2.39. The lowest BCUT2D eigenvalue weighted by Gasteiger charge is -2.33. The zero-order valence-electron chi connectivity index (χ0n) is 14.0. The van der Waals surface area contributed by atoms with E-state index in [1.807, 2.05) is 24.3 Å². The molecule has 2 aliphatic rings. The quantitative estimate of drug-likeness (QED) is 0.834. The molecule has 0 aliphatic heterocycles. The minimum absolute atomic E-state index is 0. The molecule has 3 rings (SSSR count). The molecule has 0 heterocycles. The lowest BCUT2D eigenvalue weighted by Crippen LogP contribution is -2.48. The zero-order chi connectivity index (χ0) is 16.4. The van der Waals surface area contributed by atoms with E-state index < -0.39 is 0 Å². The number of halogens is 2. The molecule has 1 aromatic rings. The van der Waals surface area contributed by atoms with E-state index in [0.717, 1.165) is 43.5 Å². The SMILES string of the molecule is CO[C@@H]1C[C@@H](C(=O)NC2(Cc3ccc(Cl)cc3)CC2)CC[C@H]1N.Cl. The first kappa shape index (κ1) is 19.5. The minimum atomic E-state index is -0.0625. The molecule has 2 aliphatic carbocycles. The molecule has 0 spiro atoms. The lowest BCUT2D eigenvalue weighted by atomic mass is 9.83. The lowest BCUT2D eigenvalue weighted by molar-refractivity contribution is -0.128. The summed E-state index contributed by atoms with van der Waals surface area (Å²) < 4.78 is 5.42. The minimum Gasteiger partial charge on any atom is -0.380 e. The van der Waals surface area contributed by atoms with Crippen LogP contribution in [-0.4, -0.2) is 30.7 Å². The average Bonchev–Trinajstić information content (AvgIpc) is 3.29. The van der Waals surface area contributed by atoms with Gasteiger partial charge in [0.1, 0.15) is 0 Å². The van der Waals surface area contributed by atoms with Crippen LogP contribution in [0.4, 0.5) is 0 Å². The maximum absolute atomic E-state index is 12.6. The van der Waals surface area contributed by atoms with Crippen LogP contribution in [0.2, 0.25) is 5.02 Å². The molecule has 0 aromatic heterocycles. The van der Waals surface area contributed by atoms with Gasteiger partial charge in [0.15, 0.2) is 0 Å². The van der Waals surface area contributed by atoms with Crippen molar-refractivity contribution < 1.29 is 9.53 Å². The largest absolute Gasteiger partial charge is 0.380 e. The van der Waals surface area contributed by atoms with Crippen molar-refractivity contribution >= 4 is 29.9 Å². The Hall–Kier alpha value is -0.810. The van der Waals surface area contributed by atoms with Crippen LogP contribution in [0, 0.1) is 5.92 Å². The number of nitrogens with two attached hydrogens (primary N) is 1. The van der Waals surface area contributed by atoms with Crippen LogP contribution in [0.15, 0.2) is 24.3 Å². The van der Waals surface area contributed by atoms with Crippen molar-refractivity contribution in [1.29, 1.82) is 0 Å². The smallest absolute Gasteiger partial charge is 0.223 e. The number of nitrogens with one attached hydrogen (secondary N) is 1. The van der Waals surface area contributed by atoms with Crippen LogP contribution >= 0.6 is 24.0 Å². The van der Waals surface area contributed by atoms with Gasteiger partial charge in [0.05, 0.1) is 6.10 Å². The number of ether oxygens (including phenoxy) is 1. The third-order valence-electron chi connectivity index (χ3n) is 5.21. The van der Waals surface area contributed by atoms with Crippen molar-refractivity contribution in [2.75, 3.05) is 7.11 Å². The second kappa shape index (κ2) is 8.05. The number of methoxy groups -OCH3 is 1. The molecule has 1 aromatic carbocycles. The van der Waals surface area contributed by atoms with Crippen LogP contribution in [0.1, 0.15) is 37.7 Å². The summed E-state index contributed by atoms with van der Waals surface area (Å²) in [6, 6.07) is 7.93. The first-order valence-corrected chi connectivity index (χ1v) is 8.74. The van der Waals surface area contributed by atoms with E-state index in [0.29, 0.717) is 0 Å². The Morgan fingerprint density at radius 3 is 2.58 bits per heavy atom. The van der Waals surface area contributed by atoms with E-state index in [4.69, 9.17) is 22.1 Å². The summed E-state index contributed by atoms with van der Waals surface area (Å²) in [5.41, 5.74) is 7.19. The Morgan fingerprint density at radius 1 is 1.33 bits per heavy atom. The average molecular weight is 373 g/mol. The molecule has 134 valence electrons. The van der Waals surface area contributed by atoms with Crippen LogP contribution in [0.25, 0.3) is 0 Å². The summed E-state index contributed by atoms with van der Waals surface area (Å²) in [5, 5.41) is 4.03. The Morgan fingerprint density at radius 2 is 2.00 bits per heavy atom. The Balaban J connectivity index is 0.00000208. The number of amides is 1. The summed E-state index contributed by atoms with van der Waals surface area (Å²) in [6.07, 6.45) is 5.37. The highest BCUT2D eigenvalue weighted by molar-refractivity contribution is 6.30. The molecule has 0 saturated heterocycles. The Kier molecular flexibility index (Phi) is 6.54. The first-order chi connectivity index (χ1) is 11.0. The van der Waals surface area contributed by atoms with Crippen molar-refractivity contribution in [3.8, 4) is 0 Å². The number of benzene rings is 1. The molecular weight excluding hydrogens is 347 g/mol. The van der Waals surface area contributed by atoms with Gasteiger partial charge in [-0.3, -0.25) is 4.79 Å². The van der Waals surface area contributed by atoms with Crippen LogP contribution in [-0.2, 0) is 16.0 Å². The molecular formula is C18H26Cl2N2O2. The van der Waals surface area contributed by atoms with Gasteiger partial charge in [0.2, 0.25) is 5.91 Å². The molecule has 6 heteroatoms. The van der Waals surface area contributed by atoms with Crippen LogP contribution in [0.5, 0.6) is 0 Å². The van der Waals surface area contributed by atoms with Crippen LogP contribution in [0.3, 0.4) is 0 Å². The predicted octanol–water partition coefficient (Wildman–Crippen LogP) is 3.10. The molecule has 3 atom stereocenters. The second-order valence-corrected chi connectivity index (χ2v) is 7.46.